The third kappa shape index (κ3) is 2.16. The Morgan fingerprint density at radius 1 is 1.53 bits per heavy atom. The van der Waals surface area contributed by atoms with Gasteiger partial charge in [0.1, 0.15) is 5.82 Å². The smallest absolute Gasteiger partial charge is 0.139 e. The molecule has 1 aromatic carbocycles. The van der Waals surface area contributed by atoms with E-state index < -0.39 is 0 Å². The molecule has 0 aliphatic carbocycles. The van der Waals surface area contributed by atoms with Gasteiger partial charge in [-0.3, -0.25) is 0 Å². The molecule has 2 rings (SSSR count). The van der Waals surface area contributed by atoms with Crippen LogP contribution < -0.4 is 10.6 Å². The molecule has 1 aromatic rings. The first-order chi connectivity index (χ1) is 7.08. The fourth-order valence-corrected chi connectivity index (χ4v) is 2.44. The number of halogens is 2. The van der Waals surface area contributed by atoms with E-state index >= 15 is 0 Å². The van der Waals surface area contributed by atoms with Crippen molar-refractivity contribution in [3.8, 4) is 0 Å². The molecule has 1 fully saturated rings. The molecule has 0 amide bonds. The molecule has 1 atom stereocenters. The monoisotopic (exact) mass is 272 g/mol. The van der Waals surface area contributed by atoms with Crippen LogP contribution in [0.15, 0.2) is 16.6 Å². The van der Waals surface area contributed by atoms with Gasteiger partial charge in [-0.15, -0.1) is 0 Å². The Balaban J connectivity index is 2.32. The Labute approximate surface area is 97.4 Å². The summed E-state index contributed by atoms with van der Waals surface area (Å²) in [6.07, 6.45) is 0.983. The Morgan fingerprint density at radius 2 is 2.27 bits per heavy atom. The zero-order chi connectivity index (χ0) is 11.0. The average molecular weight is 273 g/mol. The molecule has 0 bridgehead atoms. The van der Waals surface area contributed by atoms with Gasteiger partial charge in [0, 0.05) is 24.8 Å². The van der Waals surface area contributed by atoms with Gasteiger partial charge >= 0.3 is 0 Å². The standard InChI is InChI=1S/C11H14BrFN2/c1-7-4-9(12)10(13)5-11(7)15-3-2-8(14)6-15/h4-5,8H,2-3,6,14H2,1H3. The molecule has 1 aliphatic rings. The normalized spacial score (nSPS) is 21.1. The number of benzene rings is 1. The Morgan fingerprint density at radius 3 is 2.87 bits per heavy atom. The molecule has 1 saturated heterocycles. The SMILES string of the molecule is Cc1cc(Br)c(F)cc1N1CCC(N)C1. The summed E-state index contributed by atoms with van der Waals surface area (Å²) in [5, 5.41) is 0. The molecule has 15 heavy (non-hydrogen) atoms. The first-order valence-electron chi connectivity index (χ1n) is 5.04. The quantitative estimate of drug-likeness (QED) is 0.851. The van der Waals surface area contributed by atoms with Crippen LogP contribution >= 0.6 is 15.9 Å². The van der Waals surface area contributed by atoms with Crippen molar-refractivity contribution >= 4 is 21.6 Å². The molecular formula is C11H14BrFN2. The lowest BCUT2D eigenvalue weighted by Crippen LogP contribution is -2.26. The van der Waals surface area contributed by atoms with E-state index in [-0.39, 0.29) is 11.9 Å². The maximum Gasteiger partial charge on any atom is 0.139 e. The predicted octanol–water partition coefficient (Wildman–Crippen LogP) is 2.43. The van der Waals surface area contributed by atoms with Gasteiger partial charge in [-0.1, -0.05) is 0 Å². The van der Waals surface area contributed by atoms with Crippen LogP contribution in [-0.2, 0) is 0 Å². The highest BCUT2D eigenvalue weighted by atomic mass is 79.9. The van der Waals surface area contributed by atoms with Gasteiger partial charge in [0.15, 0.2) is 0 Å². The highest BCUT2D eigenvalue weighted by Crippen LogP contribution is 2.28. The minimum Gasteiger partial charge on any atom is -0.370 e. The summed E-state index contributed by atoms with van der Waals surface area (Å²) >= 11 is 3.18. The van der Waals surface area contributed by atoms with Gasteiger partial charge in [0.05, 0.1) is 4.47 Å². The van der Waals surface area contributed by atoms with Crippen LogP contribution in [0.25, 0.3) is 0 Å². The molecule has 1 unspecified atom stereocenters. The van der Waals surface area contributed by atoms with Crippen molar-refractivity contribution < 1.29 is 4.39 Å². The number of nitrogens with two attached hydrogens (primary N) is 1. The lowest BCUT2D eigenvalue weighted by molar-refractivity contribution is 0.620. The topological polar surface area (TPSA) is 29.3 Å². The average Bonchev–Trinajstić information content (AvgIpc) is 2.58. The van der Waals surface area contributed by atoms with Crippen LogP contribution in [0, 0.1) is 12.7 Å². The van der Waals surface area contributed by atoms with Crippen molar-refractivity contribution in [3.05, 3.63) is 28.0 Å². The lowest BCUT2D eigenvalue weighted by atomic mass is 10.2. The van der Waals surface area contributed by atoms with Crippen LogP contribution in [0.2, 0.25) is 0 Å². The van der Waals surface area contributed by atoms with Gasteiger partial charge < -0.3 is 10.6 Å². The summed E-state index contributed by atoms with van der Waals surface area (Å²) < 4.78 is 13.9. The van der Waals surface area contributed by atoms with Gasteiger partial charge in [-0.2, -0.15) is 0 Å². The number of rotatable bonds is 1. The Bertz CT molecular complexity index is 381. The Kier molecular flexibility index (Phi) is 2.98. The van der Waals surface area contributed by atoms with Crippen molar-refractivity contribution in [3.63, 3.8) is 0 Å². The van der Waals surface area contributed by atoms with Crippen molar-refractivity contribution in [1.29, 1.82) is 0 Å². The minimum atomic E-state index is -0.212. The van der Waals surface area contributed by atoms with Crippen LogP contribution in [-0.4, -0.2) is 19.1 Å². The molecule has 0 saturated carbocycles. The van der Waals surface area contributed by atoms with Gasteiger partial charge in [-0.25, -0.2) is 4.39 Å². The molecular weight excluding hydrogens is 259 g/mol. The van der Waals surface area contributed by atoms with E-state index in [0.29, 0.717) is 4.47 Å². The van der Waals surface area contributed by atoms with E-state index in [4.69, 9.17) is 5.73 Å². The van der Waals surface area contributed by atoms with Crippen LogP contribution in [0.4, 0.5) is 10.1 Å². The third-order valence-electron chi connectivity index (χ3n) is 2.80. The summed E-state index contributed by atoms with van der Waals surface area (Å²) in [4.78, 5) is 2.15. The summed E-state index contributed by atoms with van der Waals surface area (Å²) in [6, 6.07) is 3.61. The molecule has 0 radical (unpaired) electrons. The highest BCUT2D eigenvalue weighted by molar-refractivity contribution is 9.10. The first-order valence-corrected chi connectivity index (χ1v) is 5.83. The predicted molar refractivity (Wildman–Crippen MR) is 63.6 cm³/mol. The van der Waals surface area contributed by atoms with E-state index in [1.54, 1.807) is 6.07 Å². The second-order valence-corrected chi connectivity index (χ2v) is 4.90. The molecule has 0 aromatic heterocycles. The van der Waals surface area contributed by atoms with E-state index in [1.165, 1.54) is 0 Å². The number of aryl methyl sites for hydroxylation is 1. The fourth-order valence-electron chi connectivity index (χ4n) is 1.98. The third-order valence-corrected chi connectivity index (χ3v) is 3.41. The van der Waals surface area contributed by atoms with E-state index in [9.17, 15) is 4.39 Å². The van der Waals surface area contributed by atoms with Crippen molar-refractivity contribution in [1.82, 2.24) is 0 Å². The van der Waals surface area contributed by atoms with E-state index in [2.05, 4.69) is 20.8 Å². The number of hydrogen-bond donors (Lipinski definition) is 1. The first kappa shape index (κ1) is 10.9. The summed E-state index contributed by atoms with van der Waals surface area (Å²) in [6.45, 7) is 3.73. The molecule has 2 nitrogen and oxygen atoms in total. The van der Waals surface area contributed by atoms with Crippen molar-refractivity contribution in [2.75, 3.05) is 18.0 Å². The zero-order valence-corrected chi connectivity index (χ0v) is 10.2. The second-order valence-electron chi connectivity index (χ2n) is 4.05. The number of hydrogen-bond acceptors (Lipinski definition) is 2. The maximum atomic E-state index is 13.4. The number of anilines is 1. The largest absolute Gasteiger partial charge is 0.370 e. The fraction of sp³-hybridized carbons (Fsp3) is 0.455. The summed E-state index contributed by atoms with van der Waals surface area (Å²) in [5.74, 6) is -0.212. The van der Waals surface area contributed by atoms with Crippen molar-refractivity contribution in [2.24, 2.45) is 5.73 Å². The molecule has 1 aliphatic heterocycles. The molecule has 1 heterocycles. The minimum absolute atomic E-state index is 0.212. The van der Waals surface area contributed by atoms with Crippen LogP contribution in [0.3, 0.4) is 0 Å². The Hall–Kier alpha value is -0.610. The summed E-state index contributed by atoms with van der Waals surface area (Å²) in [7, 11) is 0. The van der Waals surface area contributed by atoms with Gasteiger partial charge in [-0.05, 0) is 47.0 Å². The highest BCUT2D eigenvalue weighted by Gasteiger charge is 2.21. The van der Waals surface area contributed by atoms with Gasteiger partial charge in [0.2, 0.25) is 0 Å². The second kappa shape index (κ2) is 4.10. The van der Waals surface area contributed by atoms with Crippen LogP contribution in [0.5, 0.6) is 0 Å². The van der Waals surface area contributed by atoms with Crippen LogP contribution in [0.1, 0.15) is 12.0 Å². The number of nitrogens with zero attached hydrogens (tertiary/aromatic N) is 1. The molecule has 0 spiro atoms. The van der Waals surface area contributed by atoms with Gasteiger partial charge in [0.25, 0.3) is 0 Å². The van der Waals surface area contributed by atoms with E-state index in [1.807, 2.05) is 13.0 Å². The van der Waals surface area contributed by atoms with Crippen molar-refractivity contribution in [2.45, 2.75) is 19.4 Å². The lowest BCUT2D eigenvalue weighted by Gasteiger charge is -2.20. The maximum absolute atomic E-state index is 13.4. The molecule has 82 valence electrons. The molecule has 4 heteroatoms. The summed E-state index contributed by atoms with van der Waals surface area (Å²) in [5.41, 5.74) is 7.88. The van der Waals surface area contributed by atoms with E-state index in [0.717, 1.165) is 30.8 Å². The molecule has 2 N–H and O–H groups in total. The zero-order valence-electron chi connectivity index (χ0n) is 8.63.